The van der Waals surface area contributed by atoms with E-state index in [9.17, 15) is 4.79 Å². The smallest absolute Gasteiger partial charge is 0.237 e. The molecule has 1 aliphatic rings. The molecule has 11 heavy (non-hydrogen) atoms. The highest BCUT2D eigenvalue weighted by Gasteiger charge is 2.26. The maximum atomic E-state index is 11.3. The molecule has 1 fully saturated rings. The van der Waals surface area contributed by atoms with Crippen molar-refractivity contribution in [3.8, 4) is 0 Å². The quantitative estimate of drug-likeness (QED) is 0.589. The Bertz CT molecular complexity index is 156. The number of nitrogens with zero attached hydrogens (tertiary/aromatic N) is 1. The molecule has 3 nitrogen and oxygen atoms in total. The molecule has 2 atom stereocenters. The summed E-state index contributed by atoms with van der Waals surface area (Å²) in [6, 6.07) is 0.449. The van der Waals surface area contributed by atoms with Gasteiger partial charge >= 0.3 is 0 Å². The topological polar surface area (TPSA) is 32.3 Å². The summed E-state index contributed by atoms with van der Waals surface area (Å²) in [5.74, 6) is 0.175. The fraction of sp³-hybridized carbons (Fsp3) is 0.875. The van der Waals surface area contributed by atoms with E-state index in [1.54, 1.807) is 0 Å². The molecule has 1 aliphatic heterocycles. The molecule has 0 saturated carbocycles. The van der Waals surface area contributed by atoms with E-state index in [0.29, 0.717) is 6.04 Å². The highest BCUT2D eigenvalue weighted by molar-refractivity contribution is 5.82. The number of piperidine rings is 1. The molecule has 0 radical (unpaired) electrons. The zero-order valence-corrected chi connectivity index (χ0v) is 7.42. The molecular weight excluding hydrogens is 140 g/mol. The Kier molecular flexibility index (Phi) is 2.49. The van der Waals surface area contributed by atoms with Gasteiger partial charge in [0.05, 0.1) is 6.04 Å². The number of amides is 1. The number of hydrogen-bond acceptors (Lipinski definition) is 2. The van der Waals surface area contributed by atoms with E-state index in [1.807, 2.05) is 25.9 Å². The van der Waals surface area contributed by atoms with Crippen LogP contribution in [0.2, 0.25) is 0 Å². The van der Waals surface area contributed by atoms with Crippen molar-refractivity contribution in [2.24, 2.45) is 0 Å². The van der Waals surface area contributed by atoms with Gasteiger partial charge < -0.3 is 5.32 Å². The van der Waals surface area contributed by atoms with E-state index >= 15 is 0 Å². The van der Waals surface area contributed by atoms with Crippen molar-refractivity contribution in [1.82, 2.24) is 10.2 Å². The van der Waals surface area contributed by atoms with E-state index in [4.69, 9.17) is 0 Å². The molecule has 2 unspecified atom stereocenters. The Labute approximate surface area is 67.8 Å². The van der Waals surface area contributed by atoms with Gasteiger partial charge in [-0.3, -0.25) is 9.69 Å². The number of carbonyl (C=O) groups excluding carboxylic acids is 1. The average molecular weight is 156 g/mol. The van der Waals surface area contributed by atoms with Crippen LogP contribution in [0.3, 0.4) is 0 Å². The van der Waals surface area contributed by atoms with E-state index in [2.05, 4.69) is 5.32 Å². The zero-order chi connectivity index (χ0) is 8.43. The van der Waals surface area contributed by atoms with Crippen LogP contribution in [0.4, 0.5) is 0 Å². The molecule has 0 aliphatic carbocycles. The Balaban J connectivity index is 2.51. The molecule has 1 N–H and O–H groups in total. The molecule has 1 rings (SSSR count). The van der Waals surface area contributed by atoms with Gasteiger partial charge in [0, 0.05) is 6.04 Å². The number of likely N-dealkylation sites (N-methyl/N-ethyl adjacent to an activating group) is 1. The molecule has 0 aromatic rings. The minimum Gasteiger partial charge on any atom is -0.352 e. The standard InChI is InChI=1S/C8H16N2O/c1-6-4-5-7(10(2)3)8(11)9-6/h6-7H,4-5H2,1-3H3,(H,9,11). The Morgan fingerprint density at radius 2 is 2.09 bits per heavy atom. The van der Waals surface area contributed by atoms with Gasteiger partial charge in [0.1, 0.15) is 0 Å². The van der Waals surface area contributed by atoms with Crippen molar-refractivity contribution in [1.29, 1.82) is 0 Å². The molecular formula is C8H16N2O. The van der Waals surface area contributed by atoms with Crippen LogP contribution in [0.1, 0.15) is 19.8 Å². The Morgan fingerprint density at radius 3 is 2.55 bits per heavy atom. The van der Waals surface area contributed by atoms with Crippen molar-refractivity contribution < 1.29 is 4.79 Å². The van der Waals surface area contributed by atoms with Crippen molar-refractivity contribution in [3.05, 3.63) is 0 Å². The first-order chi connectivity index (χ1) is 5.11. The maximum Gasteiger partial charge on any atom is 0.237 e. The monoisotopic (exact) mass is 156 g/mol. The lowest BCUT2D eigenvalue weighted by molar-refractivity contribution is -0.128. The summed E-state index contributed by atoms with van der Waals surface area (Å²) in [5.41, 5.74) is 0. The summed E-state index contributed by atoms with van der Waals surface area (Å²) in [6.45, 7) is 2.05. The van der Waals surface area contributed by atoms with Gasteiger partial charge in [-0.1, -0.05) is 0 Å². The number of hydrogen-bond donors (Lipinski definition) is 1. The van der Waals surface area contributed by atoms with Gasteiger partial charge in [0.15, 0.2) is 0 Å². The minimum atomic E-state index is 0.0891. The lowest BCUT2D eigenvalue weighted by atomic mass is 10.0. The fourth-order valence-corrected chi connectivity index (χ4v) is 1.44. The van der Waals surface area contributed by atoms with Crippen molar-refractivity contribution in [2.75, 3.05) is 14.1 Å². The van der Waals surface area contributed by atoms with Crippen LogP contribution >= 0.6 is 0 Å². The summed E-state index contributed by atoms with van der Waals surface area (Å²) in [6.07, 6.45) is 2.08. The molecule has 0 aromatic carbocycles. The Hall–Kier alpha value is -0.570. The third-order valence-electron chi connectivity index (χ3n) is 2.19. The third-order valence-corrected chi connectivity index (χ3v) is 2.19. The van der Waals surface area contributed by atoms with E-state index in [0.717, 1.165) is 12.8 Å². The van der Waals surface area contributed by atoms with Crippen LogP contribution in [0.25, 0.3) is 0 Å². The molecule has 1 saturated heterocycles. The van der Waals surface area contributed by atoms with E-state index < -0.39 is 0 Å². The number of nitrogens with one attached hydrogen (secondary N) is 1. The molecule has 1 heterocycles. The van der Waals surface area contributed by atoms with Crippen LogP contribution < -0.4 is 5.32 Å². The lowest BCUT2D eigenvalue weighted by Crippen LogP contribution is -2.51. The summed E-state index contributed by atoms with van der Waals surface area (Å²) in [5, 5.41) is 2.93. The number of rotatable bonds is 1. The van der Waals surface area contributed by atoms with Crippen molar-refractivity contribution >= 4 is 5.91 Å². The van der Waals surface area contributed by atoms with Crippen molar-refractivity contribution in [2.45, 2.75) is 31.8 Å². The van der Waals surface area contributed by atoms with Gasteiger partial charge in [-0.05, 0) is 33.9 Å². The predicted octanol–water partition coefficient (Wildman–Crippen LogP) is 0.215. The largest absolute Gasteiger partial charge is 0.352 e. The zero-order valence-electron chi connectivity index (χ0n) is 7.42. The van der Waals surface area contributed by atoms with Crippen LogP contribution in [0.5, 0.6) is 0 Å². The van der Waals surface area contributed by atoms with Crippen LogP contribution in [-0.4, -0.2) is 37.0 Å². The first kappa shape index (κ1) is 8.53. The average Bonchev–Trinajstić information content (AvgIpc) is 1.85. The second-order valence-corrected chi connectivity index (χ2v) is 3.47. The SMILES string of the molecule is CC1CCC(N(C)C)C(=O)N1. The summed E-state index contributed by atoms with van der Waals surface area (Å²) < 4.78 is 0. The van der Waals surface area contributed by atoms with Crippen LogP contribution in [0.15, 0.2) is 0 Å². The molecule has 0 aromatic heterocycles. The highest BCUT2D eigenvalue weighted by Crippen LogP contribution is 2.11. The summed E-state index contributed by atoms with van der Waals surface area (Å²) in [4.78, 5) is 13.3. The Morgan fingerprint density at radius 1 is 1.45 bits per heavy atom. The fourth-order valence-electron chi connectivity index (χ4n) is 1.44. The first-order valence-electron chi connectivity index (χ1n) is 4.08. The predicted molar refractivity (Wildman–Crippen MR) is 44.3 cm³/mol. The van der Waals surface area contributed by atoms with Gasteiger partial charge in [0.25, 0.3) is 0 Å². The lowest BCUT2D eigenvalue weighted by Gasteiger charge is -2.30. The maximum absolute atomic E-state index is 11.3. The van der Waals surface area contributed by atoms with Gasteiger partial charge in [-0.2, -0.15) is 0 Å². The van der Waals surface area contributed by atoms with E-state index in [-0.39, 0.29) is 11.9 Å². The highest BCUT2D eigenvalue weighted by atomic mass is 16.2. The van der Waals surface area contributed by atoms with Gasteiger partial charge in [-0.25, -0.2) is 0 Å². The molecule has 3 heteroatoms. The first-order valence-corrected chi connectivity index (χ1v) is 4.08. The minimum absolute atomic E-state index is 0.0891. The molecule has 64 valence electrons. The van der Waals surface area contributed by atoms with Gasteiger partial charge in [0.2, 0.25) is 5.91 Å². The van der Waals surface area contributed by atoms with Crippen LogP contribution in [0, 0.1) is 0 Å². The molecule has 1 amide bonds. The van der Waals surface area contributed by atoms with Gasteiger partial charge in [-0.15, -0.1) is 0 Å². The normalized spacial score (nSPS) is 32.2. The summed E-state index contributed by atoms with van der Waals surface area (Å²) >= 11 is 0. The van der Waals surface area contributed by atoms with Crippen molar-refractivity contribution in [3.63, 3.8) is 0 Å². The molecule has 0 spiro atoms. The molecule has 0 bridgehead atoms. The summed E-state index contributed by atoms with van der Waals surface area (Å²) in [7, 11) is 3.89. The number of carbonyl (C=O) groups is 1. The van der Waals surface area contributed by atoms with E-state index in [1.165, 1.54) is 0 Å². The second-order valence-electron chi connectivity index (χ2n) is 3.47. The third kappa shape index (κ3) is 1.93. The second kappa shape index (κ2) is 3.22. The van der Waals surface area contributed by atoms with Crippen LogP contribution in [-0.2, 0) is 4.79 Å².